The lowest BCUT2D eigenvalue weighted by Gasteiger charge is -2.32. The van der Waals surface area contributed by atoms with E-state index < -0.39 is 0 Å². The van der Waals surface area contributed by atoms with Crippen LogP contribution in [0.5, 0.6) is 5.75 Å². The maximum absolute atomic E-state index is 6.20. The topological polar surface area (TPSA) is 12.5 Å². The van der Waals surface area contributed by atoms with Crippen molar-refractivity contribution in [1.82, 2.24) is 4.90 Å². The minimum absolute atomic E-state index is 0.396. The lowest BCUT2D eigenvalue weighted by atomic mass is 9.99. The molecule has 0 aromatic heterocycles. The van der Waals surface area contributed by atoms with Crippen molar-refractivity contribution in [3.63, 3.8) is 0 Å². The predicted molar refractivity (Wildman–Crippen MR) is 109 cm³/mol. The molecule has 25 heavy (non-hydrogen) atoms. The fourth-order valence-corrected chi connectivity index (χ4v) is 3.69. The van der Waals surface area contributed by atoms with Crippen molar-refractivity contribution >= 4 is 40.4 Å². The Kier molecular flexibility index (Phi) is 6.21. The molecule has 1 aliphatic heterocycles. The molecule has 0 N–H and O–H groups in total. The third-order valence-electron chi connectivity index (χ3n) is 4.56. The highest BCUT2D eigenvalue weighted by molar-refractivity contribution is 7.80. The summed E-state index contributed by atoms with van der Waals surface area (Å²) in [6.45, 7) is 4.77. The maximum Gasteiger partial charge on any atom is 0.120 e. The second-order valence-corrected chi connectivity index (χ2v) is 7.76. The average molecular weight is 394 g/mol. The Labute approximate surface area is 164 Å². The number of thiocarbonyl (C=S) groups is 1. The number of likely N-dealkylation sites (tertiary alicyclic amines) is 1. The minimum Gasteiger partial charge on any atom is -0.489 e. The molecule has 0 amide bonds. The van der Waals surface area contributed by atoms with Crippen LogP contribution in [0.2, 0.25) is 10.0 Å². The van der Waals surface area contributed by atoms with E-state index in [0.29, 0.717) is 16.7 Å². The van der Waals surface area contributed by atoms with Crippen molar-refractivity contribution in [2.75, 3.05) is 13.1 Å². The summed E-state index contributed by atoms with van der Waals surface area (Å²) in [6, 6.07) is 13.4. The number of rotatable bonds is 4. The third kappa shape index (κ3) is 4.87. The van der Waals surface area contributed by atoms with Gasteiger partial charge in [-0.2, -0.15) is 0 Å². The molecule has 1 aliphatic rings. The second-order valence-electron chi connectivity index (χ2n) is 6.53. The first kappa shape index (κ1) is 18.5. The summed E-state index contributed by atoms with van der Waals surface area (Å²) >= 11 is 17.8. The SMILES string of the molecule is CC1CCN(C(=S)c2cccc(OCc3ccc(Cl)cc3Cl)c2)CC1. The summed E-state index contributed by atoms with van der Waals surface area (Å²) in [5.74, 6) is 1.58. The second kappa shape index (κ2) is 8.39. The van der Waals surface area contributed by atoms with Gasteiger partial charge in [-0.05, 0) is 43.0 Å². The van der Waals surface area contributed by atoms with Crippen LogP contribution in [-0.4, -0.2) is 23.0 Å². The normalized spacial score (nSPS) is 15.2. The van der Waals surface area contributed by atoms with Gasteiger partial charge >= 0.3 is 0 Å². The van der Waals surface area contributed by atoms with Crippen LogP contribution >= 0.6 is 35.4 Å². The Bertz CT molecular complexity index is 757. The minimum atomic E-state index is 0.396. The Hall–Kier alpha value is -1.29. The van der Waals surface area contributed by atoms with Crippen molar-refractivity contribution in [2.24, 2.45) is 5.92 Å². The zero-order chi connectivity index (χ0) is 17.8. The predicted octanol–water partition coefficient (Wildman–Crippen LogP) is 5.98. The Morgan fingerprint density at radius 3 is 2.64 bits per heavy atom. The van der Waals surface area contributed by atoms with E-state index in [4.69, 9.17) is 40.2 Å². The summed E-state index contributed by atoms with van der Waals surface area (Å²) in [5.41, 5.74) is 1.94. The molecule has 2 aromatic rings. The van der Waals surface area contributed by atoms with Crippen LogP contribution in [0.3, 0.4) is 0 Å². The summed E-state index contributed by atoms with van der Waals surface area (Å²) in [4.78, 5) is 3.20. The fraction of sp³-hybridized carbons (Fsp3) is 0.350. The van der Waals surface area contributed by atoms with Crippen LogP contribution in [0.4, 0.5) is 0 Å². The zero-order valence-electron chi connectivity index (χ0n) is 14.2. The van der Waals surface area contributed by atoms with Gasteiger partial charge in [0.15, 0.2) is 0 Å². The van der Waals surface area contributed by atoms with E-state index in [1.54, 1.807) is 6.07 Å². The molecule has 0 saturated carbocycles. The smallest absolute Gasteiger partial charge is 0.120 e. The number of hydrogen-bond acceptors (Lipinski definition) is 2. The summed E-state index contributed by atoms with van der Waals surface area (Å²) < 4.78 is 5.90. The van der Waals surface area contributed by atoms with Crippen molar-refractivity contribution in [3.05, 3.63) is 63.6 Å². The van der Waals surface area contributed by atoms with Crippen LogP contribution in [0, 0.1) is 5.92 Å². The molecule has 1 saturated heterocycles. The van der Waals surface area contributed by atoms with Gasteiger partial charge in [-0.25, -0.2) is 0 Å². The Balaban J connectivity index is 1.66. The first-order valence-corrected chi connectivity index (χ1v) is 9.65. The zero-order valence-corrected chi connectivity index (χ0v) is 16.5. The fourth-order valence-electron chi connectivity index (χ4n) is 2.91. The van der Waals surface area contributed by atoms with Gasteiger partial charge < -0.3 is 9.64 Å². The lowest BCUT2D eigenvalue weighted by Crippen LogP contribution is -2.37. The van der Waals surface area contributed by atoms with Gasteiger partial charge in [-0.1, -0.05) is 60.5 Å². The van der Waals surface area contributed by atoms with Gasteiger partial charge in [0.2, 0.25) is 0 Å². The van der Waals surface area contributed by atoms with Crippen LogP contribution < -0.4 is 4.74 Å². The number of hydrogen-bond donors (Lipinski definition) is 0. The lowest BCUT2D eigenvalue weighted by molar-refractivity contribution is 0.284. The highest BCUT2D eigenvalue weighted by Gasteiger charge is 2.19. The van der Waals surface area contributed by atoms with Gasteiger partial charge in [-0.3, -0.25) is 0 Å². The summed E-state index contributed by atoms with van der Waals surface area (Å²) in [7, 11) is 0. The first-order chi connectivity index (χ1) is 12.0. The van der Waals surface area contributed by atoms with E-state index in [1.165, 1.54) is 12.8 Å². The number of piperidine rings is 1. The molecule has 0 unspecified atom stereocenters. The van der Waals surface area contributed by atoms with E-state index in [9.17, 15) is 0 Å². The molecular weight excluding hydrogens is 373 g/mol. The monoisotopic (exact) mass is 393 g/mol. The molecule has 1 heterocycles. The van der Waals surface area contributed by atoms with Crippen LogP contribution in [0.1, 0.15) is 30.9 Å². The van der Waals surface area contributed by atoms with Crippen molar-refractivity contribution in [3.8, 4) is 5.75 Å². The van der Waals surface area contributed by atoms with Gasteiger partial charge in [0, 0.05) is 34.3 Å². The Morgan fingerprint density at radius 2 is 1.92 bits per heavy atom. The molecule has 0 spiro atoms. The van der Waals surface area contributed by atoms with E-state index in [1.807, 2.05) is 36.4 Å². The highest BCUT2D eigenvalue weighted by Crippen LogP contribution is 2.24. The molecule has 0 radical (unpaired) electrons. The number of benzene rings is 2. The standard InChI is InChI=1S/C20H21Cl2NOS/c1-14-7-9-23(10-8-14)20(25)15-3-2-4-18(11-15)24-13-16-5-6-17(21)12-19(16)22/h2-6,11-12,14H,7-10,13H2,1H3. The number of halogens is 2. The molecule has 132 valence electrons. The van der Waals surface area contributed by atoms with Crippen LogP contribution in [0.25, 0.3) is 0 Å². The van der Waals surface area contributed by atoms with Crippen molar-refractivity contribution in [2.45, 2.75) is 26.4 Å². The molecule has 0 aliphatic carbocycles. The molecule has 1 fully saturated rings. The molecule has 0 bridgehead atoms. The first-order valence-electron chi connectivity index (χ1n) is 8.49. The number of nitrogens with zero attached hydrogens (tertiary/aromatic N) is 1. The van der Waals surface area contributed by atoms with E-state index >= 15 is 0 Å². The third-order valence-corrected chi connectivity index (χ3v) is 5.64. The highest BCUT2D eigenvalue weighted by atomic mass is 35.5. The van der Waals surface area contributed by atoms with Gasteiger partial charge in [0.1, 0.15) is 17.3 Å². The maximum atomic E-state index is 6.20. The molecule has 2 aromatic carbocycles. The van der Waals surface area contributed by atoms with Crippen LogP contribution in [0.15, 0.2) is 42.5 Å². The van der Waals surface area contributed by atoms with Gasteiger partial charge in [-0.15, -0.1) is 0 Å². The Morgan fingerprint density at radius 1 is 1.16 bits per heavy atom. The largest absolute Gasteiger partial charge is 0.489 e. The molecule has 5 heteroatoms. The van der Waals surface area contributed by atoms with E-state index in [2.05, 4.69) is 11.8 Å². The quantitative estimate of drug-likeness (QED) is 0.592. The van der Waals surface area contributed by atoms with E-state index in [0.717, 1.165) is 40.9 Å². The molecule has 2 nitrogen and oxygen atoms in total. The molecular formula is C20H21Cl2NOS. The molecule has 0 atom stereocenters. The summed E-state index contributed by atoms with van der Waals surface area (Å²) in [5, 5.41) is 1.23. The average Bonchev–Trinajstić information content (AvgIpc) is 2.61. The van der Waals surface area contributed by atoms with Gasteiger partial charge in [0.05, 0.1) is 0 Å². The summed E-state index contributed by atoms with van der Waals surface area (Å²) in [6.07, 6.45) is 2.40. The van der Waals surface area contributed by atoms with Crippen LogP contribution in [-0.2, 0) is 6.61 Å². The van der Waals surface area contributed by atoms with E-state index in [-0.39, 0.29) is 0 Å². The number of ether oxygens (including phenoxy) is 1. The molecule has 3 rings (SSSR count). The van der Waals surface area contributed by atoms with Gasteiger partial charge in [0.25, 0.3) is 0 Å². The van der Waals surface area contributed by atoms with Crippen molar-refractivity contribution in [1.29, 1.82) is 0 Å². The van der Waals surface area contributed by atoms with Crippen molar-refractivity contribution < 1.29 is 4.74 Å².